The maximum Gasteiger partial charge on any atom is 0.132 e. The molecule has 5 heteroatoms. The van der Waals surface area contributed by atoms with E-state index in [-0.39, 0.29) is 5.82 Å². The lowest BCUT2D eigenvalue weighted by molar-refractivity contribution is 0.611. The Hall–Kier alpha value is -1.75. The number of hydrogen-bond donors (Lipinski definition) is 1. The molecule has 1 aromatic heterocycles. The highest BCUT2D eigenvalue weighted by atomic mass is 19.1. The number of halogens is 1. The van der Waals surface area contributed by atoms with Gasteiger partial charge in [0.1, 0.15) is 5.82 Å². The highest BCUT2D eigenvalue weighted by Gasteiger charge is 2.10. The zero-order chi connectivity index (χ0) is 12.3. The SMILES string of the molecule is CCn1nncc1-c1ccc(CNC)cc1F. The highest BCUT2D eigenvalue weighted by molar-refractivity contribution is 5.59. The second-order valence-electron chi connectivity index (χ2n) is 3.78. The average Bonchev–Trinajstić information content (AvgIpc) is 2.77. The molecule has 2 rings (SSSR count). The van der Waals surface area contributed by atoms with Crippen LogP contribution in [0.15, 0.2) is 24.4 Å². The molecule has 2 aromatic rings. The summed E-state index contributed by atoms with van der Waals surface area (Å²) in [6.45, 7) is 3.28. The van der Waals surface area contributed by atoms with Gasteiger partial charge < -0.3 is 5.32 Å². The quantitative estimate of drug-likeness (QED) is 0.877. The van der Waals surface area contributed by atoms with Crippen molar-refractivity contribution in [2.75, 3.05) is 7.05 Å². The second kappa shape index (κ2) is 5.05. The molecule has 0 aliphatic heterocycles. The standard InChI is InChI=1S/C12H15FN4/c1-3-17-12(8-15-16-17)10-5-4-9(7-14-2)6-11(10)13/h4-6,8,14H,3,7H2,1-2H3. The van der Waals surface area contributed by atoms with Crippen molar-refractivity contribution in [2.45, 2.75) is 20.0 Å². The molecule has 0 aliphatic rings. The van der Waals surface area contributed by atoms with Crippen molar-refractivity contribution in [1.82, 2.24) is 20.3 Å². The van der Waals surface area contributed by atoms with Gasteiger partial charge in [-0.2, -0.15) is 0 Å². The Kier molecular flexibility index (Phi) is 3.49. The van der Waals surface area contributed by atoms with E-state index in [4.69, 9.17) is 0 Å². The molecule has 90 valence electrons. The molecular formula is C12H15FN4. The minimum atomic E-state index is -0.241. The Morgan fingerprint density at radius 1 is 1.41 bits per heavy atom. The summed E-state index contributed by atoms with van der Waals surface area (Å²) in [4.78, 5) is 0. The predicted molar refractivity (Wildman–Crippen MR) is 63.9 cm³/mol. The first-order valence-electron chi connectivity index (χ1n) is 5.58. The van der Waals surface area contributed by atoms with Gasteiger partial charge in [0.25, 0.3) is 0 Å². The lowest BCUT2D eigenvalue weighted by Gasteiger charge is -2.07. The molecule has 17 heavy (non-hydrogen) atoms. The number of benzene rings is 1. The third-order valence-electron chi connectivity index (χ3n) is 2.61. The molecule has 0 fully saturated rings. The molecular weight excluding hydrogens is 219 g/mol. The number of nitrogens with zero attached hydrogens (tertiary/aromatic N) is 3. The largest absolute Gasteiger partial charge is 0.316 e. The number of rotatable bonds is 4. The van der Waals surface area contributed by atoms with Gasteiger partial charge in [-0.15, -0.1) is 5.10 Å². The molecule has 1 N–H and O–H groups in total. The summed E-state index contributed by atoms with van der Waals surface area (Å²) in [6, 6.07) is 5.22. The maximum atomic E-state index is 14.0. The Balaban J connectivity index is 2.39. The van der Waals surface area contributed by atoms with Crippen molar-refractivity contribution in [1.29, 1.82) is 0 Å². The molecule has 0 aliphatic carbocycles. The van der Waals surface area contributed by atoms with Crippen LogP contribution in [-0.2, 0) is 13.1 Å². The smallest absolute Gasteiger partial charge is 0.132 e. The first kappa shape index (κ1) is 11.7. The molecule has 0 bridgehead atoms. The molecule has 0 amide bonds. The molecule has 0 saturated carbocycles. The Morgan fingerprint density at radius 2 is 2.24 bits per heavy atom. The van der Waals surface area contributed by atoms with E-state index in [0.29, 0.717) is 24.3 Å². The third kappa shape index (κ3) is 2.34. The predicted octanol–water partition coefficient (Wildman–Crippen LogP) is 1.82. The van der Waals surface area contributed by atoms with Crippen LogP contribution in [0, 0.1) is 5.82 Å². The third-order valence-corrected chi connectivity index (χ3v) is 2.61. The summed E-state index contributed by atoms with van der Waals surface area (Å²) < 4.78 is 15.6. The molecule has 0 atom stereocenters. The van der Waals surface area contributed by atoms with Crippen molar-refractivity contribution in [2.24, 2.45) is 0 Å². The lowest BCUT2D eigenvalue weighted by atomic mass is 10.1. The minimum Gasteiger partial charge on any atom is -0.316 e. The summed E-state index contributed by atoms with van der Waals surface area (Å²) >= 11 is 0. The van der Waals surface area contributed by atoms with Crippen LogP contribution < -0.4 is 5.32 Å². The van der Waals surface area contributed by atoms with Crippen LogP contribution in [0.5, 0.6) is 0 Å². The van der Waals surface area contributed by atoms with Crippen LogP contribution in [0.2, 0.25) is 0 Å². The molecule has 0 saturated heterocycles. The van der Waals surface area contributed by atoms with Gasteiger partial charge in [-0.1, -0.05) is 11.3 Å². The van der Waals surface area contributed by atoms with Gasteiger partial charge in [0.2, 0.25) is 0 Å². The molecule has 0 radical (unpaired) electrons. The molecule has 1 heterocycles. The highest BCUT2D eigenvalue weighted by Crippen LogP contribution is 2.22. The summed E-state index contributed by atoms with van der Waals surface area (Å²) in [7, 11) is 1.84. The van der Waals surface area contributed by atoms with Crippen molar-refractivity contribution in [3.8, 4) is 11.3 Å². The van der Waals surface area contributed by atoms with Gasteiger partial charge in [-0.3, -0.25) is 0 Å². The van der Waals surface area contributed by atoms with Crippen molar-refractivity contribution in [3.05, 3.63) is 35.8 Å². The van der Waals surface area contributed by atoms with E-state index in [9.17, 15) is 4.39 Å². The van der Waals surface area contributed by atoms with E-state index in [1.807, 2.05) is 20.0 Å². The number of hydrogen-bond acceptors (Lipinski definition) is 3. The van der Waals surface area contributed by atoms with E-state index >= 15 is 0 Å². The molecule has 0 unspecified atom stereocenters. The number of aryl methyl sites for hydroxylation is 1. The molecule has 0 spiro atoms. The number of aromatic nitrogens is 3. The Labute approximate surface area is 99.5 Å². The topological polar surface area (TPSA) is 42.7 Å². The summed E-state index contributed by atoms with van der Waals surface area (Å²) in [5.74, 6) is -0.241. The van der Waals surface area contributed by atoms with Gasteiger partial charge in [-0.05, 0) is 31.7 Å². The Bertz CT molecular complexity index is 507. The maximum absolute atomic E-state index is 14.0. The minimum absolute atomic E-state index is 0.241. The Morgan fingerprint density at radius 3 is 2.88 bits per heavy atom. The molecule has 1 aromatic carbocycles. The van der Waals surface area contributed by atoms with E-state index in [1.54, 1.807) is 23.0 Å². The monoisotopic (exact) mass is 234 g/mol. The first-order valence-corrected chi connectivity index (χ1v) is 5.58. The van der Waals surface area contributed by atoms with Gasteiger partial charge in [0.05, 0.1) is 11.9 Å². The first-order chi connectivity index (χ1) is 8.26. The summed E-state index contributed by atoms with van der Waals surface area (Å²) in [5, 5.41) is 10.7. The lowest BCUT2D eigenvalue weighted by Crippen LogP contribution is -2.06. The fourth-order valence-electron chi connectivity index (χ4n) is 1.78. The van der Waals surface area contributed by atoms with Crippen LogP contribution in [-0.4, -0.2) is 22.0 Å². The van der Waals surface area contributed by atoms with Crippen molar-refractivity contribution in [3.63, 3.8) is 0 Å². The zero-order valence-corrected chi connectivity index (χ0v) is 9.94. The average molecular weight is 234 g/mol. The van der Waals surface area contributed by atoms with Crippen LogP contribution in [0.3, 0.4) is 0 Å². The van der Waals surface area contributed by atoms with E-state index in [0.717, 1.165) is 5.56 Å². The fraction of sp³-hybridized carbons (Fsp3) is 0.333. The van der Waals surface area contributed by atoms with Gasteiger partial charge in [-0.25, -0.2) is 9.07 Å². The zero-order valence-electron chi connectivity index (χ0n) is 9.94. The van der Waals surface area contributed by atoms with Gasteiger partial charge in [0.15, 0.2) is 0 Å². The number of nitrogens with one attached hydrogen (secondary N) is 1. The second-order valence-corrected chi connectivity index (χ2v) is 3.78. The van der Waals surface area contributed by atoms with E-state index in [1.165, 1.54) is 0 Å². The van der Waals surface area contributed by atoms with Crippen LogP contribution in [0.4, 0.5) is 4.39 Å². The van der Waals surface area contributed by atoms with Gasteiger partial charge in [0, 0.05) is 18.7 Å². The normalized spacial score (nSPS) is 10.8. The van der Waals surface area contributed by atoms with E-state index in [2.05, 4.69) is 15.6 Å². The summed E-state index contributed by atoms with van der Waals surface area (Å²) in [5.41, 5.74) is 2.17. The van der Waals surface area contributed by atoms with Gasteiger partial charge >= 0.3 is 0 Å². The molecule has 4 nitrogen and oxygen atoms in total. The van der Waals surface area contributed by atoms with E-state index < -0.39 is 0 Å². The van der Waals surface area contributed by atoms with Crippen LogP contribution >= 0.6 is 0 Å². The summed E-state index contributed by atoms with van der Waals surface area (Å²) in [6.07, 6.45) is 1.58. The fourth-order valence-corrected chi connectivity index (χ4v) is 1.78. The van der Waals surface area contributed by atoms with Crippen LogP contribution in [0.25, 0.3) is 11.3 Å². The van der Waals surface area contributed by atoms with Crippen LogP contribution in [0.1, 0.15) is 12.5 Å². The van der Waals surface area contributed by atoms with Crippen molar-refractivity contribution < 1.29 is 4.39 Å². The van der Waals surface area contributed by atoms with Crippen molar-refractivity contribution >= 4 is 0 Å².